The minimum atomic E-state index is -3.55. The molecule has 10 heteroatoms. The van der Waals surface area contributed by atoms with Crippen molar-refractivity contribution >= 4 is 33.3 Å². The summed E-state index contributed by atoms with van der Waals surface area (Å²) in [6.07, 6.45) is 0.617. The lowest BCUT2D eigenvalue weighted by Crippen LogP contribution is -2.27. The number of hydrogen-bond acceptors (Lipinski definition) is 5. The second kappa shape index (κ2) is 8.62. The third kappa shape index (κ3) is 5.20. The highest BCUT2D eigenvalue weighted by Crippen LogP contribution is 2.35. The number of amides is 1. The van der Waals surface area contributed by atoms with Crippen molar-refractivity contribution in [2.24, 2.45) is 5.10 Å². The number of benzene rings is 2. The Morgan fingerprint density at radius 2 is 1.93 bits per heavy atom. The van der Waals surface area contributed by atoms with E-state index < -0.39 is 33.8 Å². The van der Waals surface area contributed by atoms with Crippen LogP contribution in [0.25, 0.3) is 0 Å². The van der Waals surface area contributed by atoms with E-state index >= 15 is 0 Å². The molecule has 0 aromatic heterocycles. The first-order chi connectivity index (χ1) is 14.1. The first-order valence-corrected chi connectivity index (χ1v) is 11.0. The van der Waals surface area contributed by atoms with Crippen molar-refractivity contribution in [3.8, 4) is 0 Å². The molecule has 0 saturated heterocycles. The predicted octanol–water partition coefficient (Wildman–Crippen LogP) is 2.74. The van der Waals surface area contributed by atoms with Crippen LogP contribution in [0, 0.1) is 5.82 Å². The van der Waals surface area contributed by atoms with Crippen molar-refractivity contribution in [3.05, 3.63) is 65.5 Å². The number of carboxylic acids is 1. The standard InChI is InChI=1S/C20H20FN3O5S/c1-30(28,29)23-16-8-3-2-7-15(16)17-12-18(13-5-4-6-14(21)11-13)24(22-17)19(25)9-10-20(26)27/h2-8,11,18,23H,9-10,12H2,1H3,(H,26,27). The summed E-state index contributed by atoms with van der Waals surface area (Å²) >= 11 is 0. The highest BCUT2D eigenvalue weighted by molar-refractivity contribution is 7.92. The molecule has 0 fully saturated rings. The topological polar surface area (TPSA) is 116 Å². The van der Waals surface area contributed by atoms with Crippen LogP contribution in [0.4, 0.5) is 10.1 Å². The Labute approximate surface area is 173 Å². The minimum Gasteiger partial charge on any atom is -0.481 e. The van der Waals surface area contributed by atoms with Crippen molar-refractivity contribution in [2.75, 3.05) is 11.0 Å². The maximum absolute atomic E-state index is 13.8. The molecule has 158 valence electrons. The van der Waals surface area contributed by atoms with Gasteiger partial charge in [-0.3, -0.25) is 14.3 Å². The van der Waals surface area contributed by atoms with Crippen molar-refractivity contribution in [1.82, 2.24) is 5.01 Å². The average molecular weight is 433 g/mol. The highest BCUT2D eigenvalue weighted by atomic mass is 32.2. The van der Waals surface area contributed by atoms with Gasteiger partial charge in [0.25, 0.3) is 0 Å². The minimum absolute atomic E-state index is 0.213. The third-order valence-electron chi connectivity index (χ3n) is 4.49. The number of nitrogens with zero attached hydrogens (tertiary/aromatic N) is 2. The molecule has 1 unspecified atom stereocenters. The van der Waals surface area contributed by atoms with Crippen LogP contribution < -0.4 is 4.72 Å². The van der Waals surface area contributed by atoms with Gasteiger partial charge in [-0.15, -0.1) is 0 Å². The van der Waals surface area contributed by atoms with Gasteiger partial charge in [0.1, 0.15) is 5.82 Å². The van der Waals surface area contributed by atoms with E-state index in [4.69, 9.17) is 5.11 Å². The predicted molar refractivity (Wildman–Crippen MR) is 109 cm³/mol. The number of halogens is 1. The first-order valence-electron chi connectivity index (χ1n) is 9.08. The summed E-state index contributed by atoms with van der Waals surface area (Å²) < 4.78 is 39.6. The number of hydrazone groups is 1. The lowest BCUT2D eigenvalue weighted by Gasteiger charge is -2.22. The summed E-state index contributed by atoms with van der Waals surface area (Å²) in [7, 11) is -3.55. The zero-order chi connectivity index (χ0) is 21.9. The molecular formula is C20H20FN3O5S. The van der Waals surface area contributed by atoms with Gasteiger partial charge in [0.05, 0.1) is 30.1 Å². The van der Waals surface area contributed by atoms with Crippen LogP contribution in [0.15, 0.2) is 53.6 Å². The molecule has 1 amide bonds. The molecule has 2 aromatic carbocycles. The number of carboxylic acid groups (broad SMARTS) is 1. The monoisotopic (exact) mass is 433 g/mol. The Hall–Kier alpha value is -3.27. The van der Waals surface area contributed by atoms with E-state index in [1.165, 1.54) is 18.2 Å². The lowest BCUT2D eigenvalue weighted by atomic mass is 9.97. The second-order valence-electron chi connectivity index (χ2n) is 6.87. The first kappa shape index (κ1) is 21.4. The SMILES string of the molecule is CS(=O)(=O)Nc1ccccc1C1=NN(C(=O)CCC(=O)O)C(c2cccc(F)c2)C1. The van der Waals surface area contributed by atoms with Crippen LogP contribution in [0.5, 0.6) is 0 Å². The van der Waals surface area contributed by atoms with Crippen LogP contribution >= 0.6 is 0 Å². The second-order valence-corrected chi connectivity index (χ2v) is 8.62. The van der Waals surface area contributed by atoms with E-state index in [9.17, 15) is 22.4 Å². The van der Waals surface area contributed by atoms with E-state index in [1.807, 2.05) is 0 Å². The lowest BCUT2D eigenvalue weighted by molar-refractivity contribution is -0.141. The molecule has 0 aliphatic carbocycles. The van der Waals surface area contributed by atoms with Gasteiger partial charge in [-0.25, -0.2) is 17.8 Å². The molecule has 2 N–H and O–H groups in total. The summed E-state index contributed by atoms with van der Waals surface area (Å²) in [5.41, 5.74) is 1.72. The summed E-state index contributed by atoms with van der Waals surface area (Å²) in [5, 5.41) is 14.4. The molecule has 0 saturated carbocycles. The Kier molecular flexibility index (Phi) is 6.16. The molecule has 0 spiro atoms. The molecule has 1 heterocycles. The van der Waals surface area contributed by atoms with Crippen LogP contribution in [-0.2, 0) is 19.6 Å². The maximum atomic E-state index is 13.8. The molecule has 0 radical (unpaired) electrons. The Morgan fingerprint density at radius 1 is 1.20 bits per heavy atom. The Morgan fingerprint density at radius 3 is 2.60 bits per heavy atom. The third-order valence-corrected chi connectivity index (χ3v) is 5.08. The number of sulfonamides is 1. The van der Waals surface area contributed by atoms with Crippen LogP contribution in [0.2, 0.25) is 0 Å². The zero-order valence-electron chi connectivity index (χ0n) is 16.1. The van der Waals surface area contributed by atoms with Crippen LogP contribution in [-0.4, -0.2) is 42.4 Å². The van der Waals surface area contributed by atoms with Crippen molar-refractivity contribution in [3.63, 3.8) is 0 Å². The normalized spacial score (nSPS) is 16.3. The Balaban J connectivity index is 1.99. The van der Waals surface area contributed by atoms with E-state index in [0.717, 1.165) is 11.3 Å². The fourth-order valence-corrected chi connectivity index (χ4v) is 3.81. The summed E-state index contributed by atoms with van der Waals surface area (Å²) in [4.78, 5) is 23.5. The van der Waals surface area contributed by atoms with Crippen molar-refractivity contribution < 1.29 is 27.5 Å². The highest BCUT2D eigenvalue weighted by Gasteiger charge is 2.34. The van der Waals surface area contributed by atoms with Crippen LogP contribution in [0.3, 0.4) is 0 Å². The maximum Gasteiger partial charge on any atom is 0.303 e. The number of rotatable bonds is 7. The molecular weight excluding hydrogens is 413 g/mol. The summed E-state index contributed by atoms with van der Waals surface area (Å²) in [6.45, 7) is 0. The number of anilines is 1. The number of hydrogen-bond donors (Lipinski definition) is 2. The summed E-state index contributed by atoms with van der Waals surface area (Å²) in [5.74, 6) is -2.11. The van der Waals surface area contributed by atoms with Gasteiger partial charge >= 0.3 is 5.97 Å². The van der Waals surface area contributed by atoms with E-state index in [0.29, 0.717) is 22.5 Å². The fourth-order valence-electron chi connectivity index (χ4n) is 3.23. The molecule has 3 rings (SSSR count). The number of carbonyl (C=O) groups is 2. The van der Waals surface area contributed by atoms with Gasteiger partial charge in [-0.2, -0.15) is 5.10 Å². The molecule has 0 bridgehead atoms. The summed E-state index contributed by atoms with van der Waals surface area (Å²) in [6, 6.07) is 11.7. The molecule has 2 aromatic rings. The van der Waals surface area contributed by atoms with Gasteiger partial charge in [-0.05, 0) is 23.8 Å². The smallest absolute Gasteiger partial charge is 0.303 e. The van der Waals surface area contributed by atoms with Gasteiger partial charge < -0.3 is 5.11 Å². The van der Waals surface area contributed by atoms with Gasteiger partial charge in [0.2, 0.25) is 15.9 Å². The van der Waals surface area contributed by atoms with Gasteiger partial charge in [0.15, 0.2) is 0 Å². The quantitative estimate of drug-likeness (QED) is 0.697. The largest absolute Gasteiger partial charge is 0.481 e. The Bertz CT molecular complexity index is 1120. The van der Waals surface area contributed by atoms with Crippen molar-refractivity contribution in [1.29, 1.82) is 0 Å². The number of carbonyl (C=O) groups excluding carboxylic acids is 1. The fraction of sp³-hybridized carbons (Fsp3) is 0.250. The van der Waals surface area contributed by atoms with Crippen molar-refractivity contribution in [2.45, 2.75) is 25.3 Å². The van der Waals surface area contributed by atoms with E-state index in [1.54, 1.807) is 30.3 Å². The number of aliphatic carboxylic acids is 1. The molecule has 8 nitrogen and oxygen atoms in total. The van der Waals surface area contributed by atoms with E-state index in [-0.39, 0.29) is 19.3 Å². The zero-order valence-corrected chi connectivity index (χ0v) is 16.9. The molecule has 1 aliphatic rings. The number of para-hydroxylation sites is 1. The van der Waals surface area contributed by atoms with Crippen LogP contribution in [0.1, 0.15) is 36.4 Å². The van der Waals surface area contributed by atoms with E-state index in [2.05, 4.69) is 9.82 Å². The van der Waals surface area contributed by atoms with Gasteiger partial charge in [0, 0.05) is 18.4 Å². The van der Waals surface area contributed by atoms with Gasteiger partial charge in [-0.1, -0.05) is 30.3 Å². The molecule has 1 aliphatic heterocycles. The molecule has 30 heavy (non-hydrogen) atoms. The molecule has 1 atom stereocenters. The number of nitrogens with one attached hydrogen (secondary N) is 1. The average Bonchev–Trinajstić information content (AvgIpc) is 3.10.